The molecule has 19 heteroatoms. The Bertz CT molecular complexity index is 3400. The molecule has 332 valence electrons. The molecule has 12 rings (SSSR count). The van der Waals surface area contributed by atoms with Crippen molar-refractivity contribution in [3.8, 4) is 17.2 Å². The summed E-state index contributed by atoms with van der Waals surface area (Å²) in [7, 11) is 1.72. The molecule has 1 amide bonds. The molecular formula is C46H44F2N12O5. The Morgan fingerprint density at radius 3 is 2.55 bits per heavy atom. The van der Waals surface area contributed by atoms with E-state index in [4.69, 9.17) is 24.4 Å². The zero-order valence-electron chi connectivity index (χ0n) is 36.1. The first-order valence-electron chi connectivity index (χ1n) is 22.0. The minimum absolute atomic E-state index is 0.0379. The first-order chi connectivity index (χ1) is 31.3. The number of aromatic nitrogens is 11. The van der Waals surface area contributed by atoms with Crippen molar-refractivity contribution < 1.29 is 22.8 Å². The molecule has 0 radical (unpaired) electrons. The monoisotopic (exact) mass is 882 g/mol. The molecular weight excluding hydrogens is 839 g/mol. The van der Waals surface area contributed by atoms with Crippen LogP contribution in [0.3, 0.4) is 0 Å². The Morgan fingerprint density at radius 1 is 0.985 bits per heavy atom. The number of hydrogen-bond acceptors (Lipinski definition) is 10. The van der Waals surface area contributed by atoms with Crippen LogP contribution in [0.15, 0.2) is 75.4 Å². The first kappa shape index (κ1) is 39.6. The van der Waals surface area contributed by atoms with Crippen molar-refractivity contribution in [2.75, 3.05) is 13.2 Å². The minimum Gasteiger partial charge on any atom is -0.376 e. The lowest BCUT2D eigenvalue weighted by atomic mass is 9.85. The number of aromatic amines is 1. The van der Waals surface area contributed by atoms with E-state index in [0.29, 0.717) is 76.7 Å². The van der Waals surface area contributed by atoms with Gasteiger partial charge in [0.1, 0.15) is 11.6 Å². The molecule has 6 aromatic heterocycles. The molecule has 2 aromatic carbocycles. The number of amides is 1. The number of nitrogens with one attached hydrogen (secondary N) is 1. The van der Waals surface area contributed by atoms with Gasteiger partial charge in [-0.3, -0.25) is 28.1 Å². The van der Waals surface area contributed by atoms with Crippen molar-refractivity contribution in [2.24, 2.45) is 7.05 Å². The van der Waals surface area contributed by atoms with Crippen molar-refractivity contribution in [3.05, 3.63) is 133 Å². The Hall–Kier alpha value is -7.02. The molecule has 1 saturated heterocycles. The van der Waals surface area contributed by atoms with E-state index in [2.05, 4.69) is 29.1 Å². The maximum absolute atomic E-state index is 16.1. The topological polar surface area (TPSA) is 181 Å². The Balaban J connectivity index is 0.994. The van der Waals surface area contributed by atoms with E-state index in [0.717, 1.165) is 31.2 Å². The van der Waals surface area contributed by atoms with Crippen LogP contribution in [0.5, 0.6) is 0 Å². The van der Waals surface area contributed by atoms with Crippen LogP contribution in [0.2, 0.25) is 0 Å². The van der Waals surface area contributed by atoms with Crippen LogP contribution in [-0.2, 0) is 23.6 Å². The van der Waals surface area contributed by atoms with Crippen molar-refractivity contribution in [1.29, 1.82) is 0 Å². The second kappa shape index (κ2) is 14.0. The van der Waals surface area contributed by atoms with Gasteiger partial charge in [0.2, 0.25) is 0 Å². The van der Waals surface area contributed by atoms with Crippen LogP contribution in [0, 0.1) is 11.6 Å². The van der Waals surface area contributed by atoms with E-state index in [1.807, 2.05) is 19.3 Å². The third-order valence-electron chi connectivity index (χ3n) is 14.0. The van der Waals surface area contributed by atoms with Crippen molar-refractivity contribution in [2.45, 2.75) is 94.6 Å². The summed E-state index contributed by atoms with van der Waals surface area (Å²) in [6.07, 6.45) is 13.0. The number of fused-ring (bicyclic) bond motifs is 3. The van der Waals surface area contributed by atoms with E-state index < -0.39 is 28.7 Å². The SMILES string of the molecule is C[C@H]1c2c(nn(-c3ccc(F)c(C4CC4)c3)c2-n2ccn(-c3ccc4c(cnn4C)c3F)c2=O)CCN1C(=O)c1nn2cc([C@@H]3CCOC(C)(C)C3)cnc2c1C1(c2noc(=O)[nH]2)CC1. The number of benzene rings is 2. The average molecular weight is 883 g/mol. The fourth-order valence-corrected chi connectivity index (χ4v) is 10.4. The highest BCUT2D eigenvalue weighted by atomic mass is 19.1. The standard InChI is InChI=1S/C46H44F2N12O5/c1-24-35-32(52-60(28-7-8-31(47)29(19-28)25-5-6-25)40(35)58-17-16-57(44(58)63)34-10-9-33-30(37(34)48)22-50-55(33)4)11-15-56(24)41(61)38-36(46(13-14-46)42-51-43(62)65-54-42)39-49-21-27(23-59(39)53-38)26-12-18-64-45(2,3)20-26/h7-10,16-17,19,21-26H,5-6,11-15,18,20H2,1-4H3,(H,51,54,62)/t24-,26+/m0/s1. The first-order valence-corrected chi connectivity index (χ1v) is 22.0. The number of ether oxygens (including phenoxy) is 1. The van der Waals surface area contributed by atoms with E-state index in [1.165, 1.54) is 27.6 Å². The van der Waals surface area contributed by atoms with Crippen molar-refractivity contribution >= 4 is 22.5 Å². The molecule has 3 fully saturated rings. The van der Waals surface area contributed by atoms with E-state index >= 15 is 13.6 Å². The molecule has 0 spiro atoms. The maximum Gasteiger partial charge on any atom is 0.438 e. The van der Waals surface area contributed by atoms with Crippen LogP contribution < -0.4 is 11.4 Å². The molecule has 0 unspecified atom stereocenters. The molecule has 4 aliphatic rings. The molecule has 65 heavy (non-hydrogen) atoms. The highest BCUT2D eigenvalue weighted by molar-refractivity contribution is 5.97. The molecule has 8 aromatic rings. The number of H-pyrrole nitrogens is 1. The zero-order chi connectivity index (χ0) is 44.7. The summed E-state index contributed by atoms with van der Waals surface area (Å²) >= 11 is 0. The number of hydrogen-bond donors (Lipinski definition) is 1. The quantitative estimate of drug-likeness (QED) is 0.188. The minimum atomic E-state index is -0.875. The van der Waals surface area contributed by atoms with Gasteiger partial charge in [0.25, 0.3) is 5.91 Å². The summed E-state index contributed by atoms with van der Waals surface area (Å²) in [5, 5.41) is 18.6. The highest BCUT2D eigenvalue weighted by Gasteiger charge is 2.55. The highest BCUT2D eigenvalue weighted by Crippen LogP contribution is 2.54. The summed E-state index contributed by atoms with van der Waals surface area (Å²) < 4.78 is 49.8. The maximum atomic E-state index is 16.1. The number of carbonyl (C=O) groups is 1. The summed E-state index contributed by atoms with van der Waals surface area (Å²) in [6, 6.07) is 7.39. The number of nitrogens with zero attached hydrogens (tertiary/aromatic N) is 11. The van der Waals surface area contributed by atoms with Crippen LogP contribution in [0.1, 0.15) is 121 Å². The van der Waals surface area contributed by atoms with E-state index in [9.17, 15) is 9.59 Å². The second-order valence-electron chi connectivity index (χ2n) is 18.6. The van der Waals surface area contributed by atoms with Gasteiger partial charge < -0.3 is 9.64 Å². The van der Waals surface area contributed by atoms with Gasteiger partial charge in [0.15, 0.2) is 23.0 Å². The van der Waals surface area contributed by atoms with Crippen LogP contribution in [0.25, 0.3) is 33.7 Å². The lowest BCUT2D eigenvalue weighted by Crippen LogP contribution is -2.40. The summed E-state index contributed by atoms with van der Waals surface area (Å²) in [5.41, 5.74) is 3.34. The number of aryl methyl sites for hydroxylation is 1. The molecule has 2 aliphatic heterocycles. The predicted molar refractivity (Wildman–Crippen MR) is 230 cm³/mol. The van der Waals surface area contributed by atoms with Crippen LogP contribution in [0.4, 0.5) is 8.78 Å². The van der Waals surface area contributed by atoms with Gasteiger partial charge in [-0.2, -0.15) is 15.3 Å². The summed E-state index contributed by atoms with van der Waals surface area (Å²) in [6.45, 7) is 6.89. The van der Waals surface area contributed by atoms with Gasteiger partial charge >= 0.3 is 11.4 Å². The van der Waals surface area contributed by atoms with Gasteiger partial charge in [-0.15, -0.1) is 0 Å². The van der Waals surface area contributed by atoms with Gasteiger partial charge in [-0.25, -0.2) is 32.6 Å². The van der Waals surface area contributed by atoms with Crippen molar-refractivity contribution in [1.82, 2.24) is 58.3 Å². The van der Waals surface area contributed by atoms with Gasteiger partial charge in [-0.05, 0) is 113 Å². The van der Waals surface area contributed by atoms with E-state index in [1.54, 1.807) is 56.3 Å². The third kappa shape index (κ3) is 6.10. The van der Waals surface area contributed by atoms with Crippen LogP contribution in [-0.4, -0.2) is 83.0 Å². The second-order valence-corrected chi connectivity index (χ2v) is 18.6. The fourth-order valence-electron chi connectivity index (χ4n) is 10.4. The Morgan fingerprint density at radius 2 is 1.80 bits per heavy atom. The molecule has 2 atom stereocenters. The van der Waals surface area contributed by atoms with Crippen LogP contribution >= 0.6 is 0 Å². The molecule has 2 aliphatic carbocycles. The average Bonchev–Trinajstić information content (AvgIpc) is 4.03. The van der Waals surface area contributed by atoms with E-state index in [-0.39, 0.29) is 52.5 Å². The van der Waals surface area contributed by atoms with Gasteiger partial charge in [-0.1, -0.05) is 5.16 Å². The molecule has 1 N–H and O–H groups in total. The van der Waals surface area contributed by atoms with Gasteiger partial charge in [0.05, 0.1) is 51.2 Å². The number of carbonyl (C=O) groups excluding carboxylic acids is 1. The third-order valence-corrected chi connectivity index (χ3v) is 14.0. The number of halogens is 2. The number of imidazole rings is 1. The molecule has 2 saturated carbocycles. The zero-order valence-corrected chi connectivity index (χ0v) is 36.1. The Labute approximate surface area is 368 Å². The largest absolute Gasteiger partial charge is 0.438 e. The predicted octanol–water partition coefficient (Wildman–Crippen LogP) is 6.09. The fraction of sp³-hybridized carbons (Fsp3) is 0.391. The normalized spacial score (nSPS) is 20.2. The Kier molecular flexibility index (Phi) is 8.51. The molecule has 17 nitrogen and oxygen atoms in total. The lowest BCUT2D eigenvalue weighted by Gasteiger charge is -2.35. The smallest absolute Gasteiger partial charge is 0.376 e. The number of rotatable bonds is 8. The lowest BCUT2D eigenvalue weighted by molar-refractivity contribution is -0.0593. The summed E-state index contributed by atoms with van der Waals surface area (Å²) in [4.78, 5) is 51.8. The van der Waals surface area contributed by atoms with Gasteiger partial charge in [0, 0.05) is 62.5 Å². The molecule has 0 bridgehead atoms. The molecule has 8 heterocycles. The summed E-state index contributed by atoms with van der Waals surface area (Å²) in [5.74, 6) is -1.12. The van der Waals surface area contributed by atoms with Crippen molar-refractivity contribution in [3.63, 3.8) is 0 Å².